The number of nitrogens with zero attached hydrogens (tertiary/aromatic N) is 1. The van der Waals surface area contributed by atoms with E-state index in [9.17, 15) is 14.4 Å². The lowest BCUT2D eigenvalue weighted by Crippen LogP contribution is -2.37. The molecule has 1 saturated heterocycles. The van der Waals surface area contributed by atoms with E-state index in [-0.39, 0.29) is 19.6 Å². The highest BCUT2D eigenvalue weighted by Crippen LogP contribution is 2.17. The van der Waals surface area contributed by atoms with Gasteiger partial charge in [-0.2, -0.15) is 0 Å². The molecule has 1 atom stereocenters. The van der Waals surface area contributed by atoms with Gasteiger partial charge < -0.3 is 9.47 Å². The summed E-state index contributed by atoms with van der Waals surface area (Å²) in [6, 6.07) is 9.10. The Morgan fingerprint density at radius 2 is 2.05 bits per heavy atom. The number of hydrogen-bond acceptors (Lipinski definition) is 5. The van der Waals surface area contributed by atoms with Crippen LogP contribution in [0.5, 0.6) is 0 Å². The van der Waals surface area contributed by atoms with E-state index in [1.54, 1.807) is 12.1 Å². The molecule has 1 aromatic rings. The van der Waals surface area contributed by atoms with E-state index in [1.807, 2.05) is 18.2 Å². The Morgan fingerprint density at radius 3 is 2.70 bits per heavy atom. The van der Waals surface area contributed by atoms with E-state index in [0.29, 0.717) is 0 Å². The lowest BCUT2D eigenvalue weighted by atomic mass is 10.2. The van der Waals surface area contributed by atoms with Crippen molar-refractivity contribution in [1.82, 2.24) is 4.90 Å². The predicted octanol–water partition coefficient (Wildman–Crippen LogP) is 1.66. The first-order chi connectivity index (χ1) is 9.56. The van der Waals surface area contributed by atoms with Gasteiger partial charge in [0.2, 0.25) is 5.24 Å². The highest BCUT2D eigenvalue weighted by molar-refractivity contribution is 6.63. The molecular formula is C13H12ClNO5. The number of carbonyl (C=O) groups is 3. The third-order valence-electron chi connectivity index (χ3n) is 2.69. The van der Waals surface area contributed by atoms with E-state index >= 15 is 0 Å². The molecule has 1 heterocycles. The molecule has 0 N–H and O–H groups in total. The largest absolute Gasteiger partial charge is 0.444 e. The van der Waals surface area contributed by atoms with Gasteiger partial charge in [-0.3, -0.25) is 14.5 Å². The van der Waals surface area contributed by atoms with Crippen molar-refractivity contribution in [3.8, 4) is 0 Å². The highest BCUT2D eigenvalue weighted by Gasteiger charge is 2.37. The van der Waals surface area contributed by atoms with Crippen LogP contribution in [0.2, 0.25) is 0 Å². The minimum atomic E-state index is -0.990. The van der Waals surface area contributed by atoms with Gasteiger partial charge in [0.1, 0.15) is 13.2 Å². The third-order valence-corrected chi connectivity index (χ3v) is 2.84. The Kier molecular flexibility index (Phi) is 4.57. The molecule has 0 radical (unpaired) electrons. The van der Waals surface area contributed by atoms with Gasteiger partial charge in [0.15, 0.2) is 6.23 Å². The number of amides is 1. The van der Waals surface area contributed by atoms with Gasteiger partial charge in [0.05, 0.1) is 6.42 Å². The smallest absolute Gasteiger partial charge is 0.413 e. The molecule has 1 aromatic carbocycles. The summed E-state index contributed by atoms with van der Waals surface area (Å²) in [7, 11) is 0. The molecule has 0 bridgehead atoms. The Morgan fingerprint density at radius 1 is 1.35 bits per heavy atom. The second-order valence-electron chi connectivity index (χ2n) is 4.17. The first-order valence-electron chi connectivity index (χ1n) is 5.91. The molecule has 20 heavy (non-hydrogen) atoms. The maximum Gasteiger partial charge on any atom is 0.413 e. The van der Waals surface area contributed by atoms with Gasteiger partial charge in [-0.15, -0.1) is 0 Å². The first-order valence-corrected chi connectivity index (χ1v) is 6.29. The fourth-order valence-corrected chi connectivity index (χ4v) is 1.90. The average molecular weight is 298 g/mol. The summed E-state index contributed by atoms with van der Waals surface area (Å²) in [5.41, 5.74) is 0.817. The number of hydrogen-bond donors (Lipinski definition) is 0. The van der Waals surface area contributed by atoms with Crippen molar-refractivity contribution < 1.29 is 23.9 Å². The number of esters is 1. The first kappa shape index (κ1) is 14.3. The van der Waals surface area contributed by atoms with Gasteiger partial charge >= 0.3 is 12.1 Å². The monoisotopic (exact) mass is 297 g/mol. The second kappa shape index (κ2) is 6.38. The van der Waals surface area contributed by atoms with Crippen LogP contribution in [0.3, 0.4) is 0 Å². The average Bonchev–Trinajstić information content (AvgIpc) is 2.77. The van der Waals surface area contributed by atoms with Crippen LogP contribution in [0, 0.1) is 0 Å². The van der Waals surface area contributed by atoms with Crippen molar-refractivity contribution in [2.45, 2.75) is 19.3 Å². The van der Waals surface area contributed by atoms with Crippen molar-refractivity contribution in [3.63, 3.8) is 0 Å². The summed E-state index contributed by atoms with van der Waals surface area (Å²) >= 11 is 5.24. The molecule has 6 nitrogen and oxygen atoms in total. The summed E-state index contributed by atoms with van der Waals surface area (Å²) in [5.74, 6) is -0.593. The fraction of sp³-hybridized carbons (Fsp3) is 0.308. The number of rotatable bonds is 4. The molecule has 1 fully saturated rings. The number of ether oxygens (including phenoxy) is 2. The molecule has 0 saturated carbocycles. The van der Waals surface area contributed by atoms with Crippen LogP contribution in [0.1, 0.15) is 12.0 Å². The van der Waals surface area contributed by atoms with E-state index in [2.05, 4.69) is 0 Å². The maximum atomic E-state index is 11.9. The molecule has 1 unspecified atom stereocenters. The number of cyclic esters (lactones) is 1. The van der Waals surface area contributed by atoms with Gasteiger partial charge in [0, 0.05) is 0 Å². The third kappa shape index (κ3) is 3.71. The zero-order valence-corrected chi connectivity index (χ0v) is 11.2. The van der Waals surface area contributed by atoms with Crippen molar-refractivity contribution in [1.29, 1.82) is 0 Å². The Bertz CT molecular complexity index is 519. The van der Waals surface area contributed by atoms with Crippen LogP contribution in [0.25, 0.3) is 0 Å². The Hall–Kier alpha value is -2.08. The standard InChI is InChI=1S/C13H12ClNO5/c14-10(16)6-11-15(7-12(17)20-11)13(18)19-8-9-4-2-1-3-5-9/h1-5,11H,6-8H2. The summed E-state index contributed by atoms with van der Waals surface area (Å²) in [4.78, 5) is 35.0. The fourth-order valence-electron chi connectivity index (χ4n) is 1.77. The molecule has 1 aliphatic heterocycles. The summed E-state index contributed by atoms with van der Waals surface area (Å²) in [6.07, 6.45) is -1.97. The van der Waals surface area contributed by atoms with Crippen LogP contribution in [-0.4, -0.2) is 35.0 Å². The molecule has 1 aliphatic rings. The van der Waals surface area contributed by atoms with E-state index < -0.39 is 23.5 Å². The topological polar surface area (TPSA) is 72.9 Å². The van der Waals surface area contributed by atoms with Crippen LogP contribution >= 0.6 is 11.6 Å². The molecule has 2 rings (SSSR count). The lowest BCUT2D eigenvalue weighted by Gasteiger charge is -2.19. The van der Waals surface area contributed by atoms with Crippen molar-refractivity contribution >= 4 is 28.9 Å². The number of halogens is 1. The van der Waals surface area contributed by atoms with Crippen LogP contribution in [0.4, 0.5) is 4.79 Å². The normalized spacial score (nSPS) is 17.8. The molecule has 0 spiro atoms. The maximum absolute atomic E-state index is 11.9. The van der Waals surface area contributed by atoms with E-state index in [4.69, 9.17) is 21.1 Å². The molecule has 0 aliphatic carbocycles. The molecular weight excluding hydrogens is 286 g/mol. The van der Waals surface area contributed by atoms with Crippen molar-refractivity contribution in [2.24, 2.45) is 0 Å². The number of benzene rings is 1. The SMILES string of the molecule is O=C(Cl)CC1OC(=O)CN1C(=O)OCc1ccccc1. The van der Waals surface area contributed by atoms with E-state index in [0.717, 1.165) is 10.5 Å². The van der Waals surface area contributed by atoms with Crippen LogP contribution < -0.4 is 0 Å². The summed E-state index contributed by atoms with van der Waals surface area (Å²) in [5, 5.41) is -0.689. The Labute approximate surface area is 120 Å². The molecule has 0 aromatic heterocycles. The minimum absolute atomic E-state index is 0.0753. The zero-order valence-electron chi connectivity index (χ0n) is 10.5. The minimum Gasteiger partial charge on any atom is -0.444 e. The molecule has 106 valence electrons. The van der Waals surface area contributed by atoms with E-state index in [1.165, 1.54) is 0 Å². The van der Waals surface area contributed by atoms with Crippen LogP contribution in [-0.2, 0) is 25.7 Å². The van der Waals surface area contributed by atoms with Crippen LogP contribution in [0.15, 0.2) is 30.3 Å². The van der Waals surface area contributed by atoms with Gasteiger partial charge in [0.25, 0.3) is 0 Å². The summed E-state index contributed by atoms with van der Waals surface area (Å²) < 4.78 is 9.91. The Balaban J connectivity index is 1.93. The second-order valence-corrected chi connectivity index (χ2v) is 4.59. The summed E-state index contributed by atoms with van der Waals surface area (Å²) in [6.45, 7) is -0.172. The van der Waals surface area contributed by atoms with Gasteiger partial charge in [-0.25, -0.2) is 4.79 Å². The quantitative estimate of drug-likeness (QED) is 0.624. The van der Waals surface area contributed by atoms with Crippen molar-refractivity contribution in [3.05, 3.63) is 35.9 Å². The highest BCUT2D eigenvalue weighted by atomic mass is 35.5. The lowest BCUT2D eigenvalue weighted by molar-refractivity contribution is -0.141. The number of carbonyl (C=O) groups excluding carboxylic acids is 3. The van der Waals surface area contributed by atoms with Gasteiger partial charge in [-0.05, 0) is 17.2 Å². The predicted molar refractivity (Wildman–Crippen MR) is 68.7 cm³/mol. The van der Waals surface area contributed by atoms with Gasteiger partial charge in [-0.1, -0.05) is 30.3 Å². The van der Waals surface area contributed by atoms with Crippen molar-refractivity contribution in [2.75, 3.05) is 6.54 Å². The molecule has 1 amide bonds. The molecule has 7 heteroatoms. The zero-order chi connectivity index (χ0) is 14.5.